The Labute approximate surface area is 144 Å². The molecule has 4 rings (SSSR count). The molecule has 1 aliphatic carbocycles. The lowest BCUT2D eigenvalue weighted by molar-refractivity contribution is 0.224. The van der Waals surface area contributed by atoms with Crippen molar-refractivity contribution in [1.82, 2.24) is 15.0 Å². The number of anilines is 1. The summed E-state index contributed by atoms with van der Waals surface area (Å²) in [6.07, 6.45) is 7.19. The fourth-order valence-electron chi connectivity index (χ4n) is 2.89. The highest BCUT2D eigenvalue weighted by atomic mass is 19.1. The first-order valence-electron chi connectivity index (χ1n) is 8.22. The standard InChI is InChI=1S/C19H17FN4O/c20-13-8-6-12(7-9-13)15-10-11-16-17(22-15)18(24-19(21)23-16)25-14-4-2-1-3-5-14/h2,4,6-11,14H,1,3,5H2,(H2,21,23,24). The van der Waals surface area contributed by atoms with E-state index in [0.717, 1.165) is 24.8 Å². The average molecular weight is 336 g/mol. The van der Waals surface area contributed by atoms with E-state index in [0.29, 0.717) is 22.6 Å². The first-order valence-corrected chi connectivity index (χ1v) is 8.22. The lowest BCUT2D eigenvalue weighted by Crippen LogP contribution is -2.17. The van der Waals surface area contributed by atoms with Gasteiger partial charge in [0.15, 0.2) is 5.52 Å². The third-order valence-electron chi connectivity index (χ3n) is 4.14. The van der Waals surface area contributed by atoms with Gasteiger partial charge in [-0.25, -0.2) is 14.4 Å². The van der Waals surface area contributed by atoms with Gasteiger partial charge in [-0.1, -0.05) is 6.08 Å². The molecule has 126 valence electrons. The molecular weight excluding hydrogens is 319 g/mol. The summed E-state index contributed by atoms with van der Waals surface area (Å²) in [5.41, 5.74) is 8.48. The fraction of sp³-hybridized carbons (Fsp3) is 0.211. The Balaban J connectivity index is 1.77. The van der Waals surface area contributed by atoms with E-state index in [1.807, 2.05) is 18.2 Å². The van der Waals surface area contributed by atoms with Crippen molar-refractivity contribution in [2.45, 2.75) is 25.4 Å². The van der Waals surface area contributed by atoms with Gasteiger partial charge < -0.3 is 10.5 Å². The van der Waals surface area contributed by atoms with Gasteiger partial charge in [-0.2, -0.15) is 4.98 Å². The molecule has 6 heteroatoms. The second kappa shape index (κ2) is 6.47. The zero-order valence-electron chi connectivity index (χ0n) is 13.5. The van der Waals surface area contributed by atoms with Gasteiger partial charge in [-0.05, 0) is 61.7 Å². The summed E-state index contributed by atoms with van der Waals surface area (Å²) in [4.78, 5) is 13.1. The molecule has 0 bridgehead atoms. The van der Waals surface area contributed by atoms with Crippen LogP contribution in [0.2, 0.25) is 0 Å². The van der Waals surface area contributed by atoms with E-state index in [2.05, 4.69) is 21.0 Å². The molecule has 0 amide bonds. The Morgan fingerprint density at radius 1 is 1.04 bits per heavy atom. The maximum absolute atomic E-state index is 13.1. The molecular formula is C19H17FN4O. The normalized spacial score (nSPS) is 16.9. The minimum atomic E-state index is -0.284. The van der Waals surface area contributed by atoms with Crippen molar-refractivity contribution >= 4 is 17.0 Å². The van der Waals surface area contributed by atoms with E-state index < -0.39 is 0 Å². The van der Waals surface area contributed by atoms with E-state index in [4.69, 9.17) is 10.5 Å². The van der Waals surface area contributed by atoms with Crippen LogP contribution in [-0.2, 0) is 0 Å². The van der Waals surface area contributed by atoms with Gasteiger partial charge in [0.25, 0.3) is 0 Å². The number of hydrogen-bond donors (Lipinski definition) is 1. The summed E-state index contributed by atoms with van der Waals surface area (Å²) in [7, 11) is 0. The zero-order valence-corrected chi connectivity index (χ0v) is 13.5. The van der Waals surface area contributed by atoms with Gasteiger partial charge >= 0.3 is 0 Å². The van der Waals surface area contributed by atoms with Crippen molar-refractivity contribution in [3.63, 3.8) is 0 Å². The molecule has 2 N–H and O–H groups in total. The smallest absolute Gasteiger partial charge is 0.246 e. The average Bonchev–Trinajstić information content (AvgIpc) is 2.63. The molecule has 0 saturated carbocycles. The van der Waals surface area contributed by atoms with E-state index in [9.17, 15) is 4.39 Å². The molecule has 0 fully saturated rings. The topological polar surface area (TPSA) is 73.9 Å². The van der Waals surface area contributed by atoms with E-state index in [1.54, 1.807) is 12.1 Å². The Bertz CT molecular complexity index is 940. The molecule has 3 aromatic rings. The second-order valence-electron chi connectivity index (χ2n) is 5.97. The molecule has 25 heavy (non-hydrogen) atoms. The van der Waals surface area contributed by atoms with Crippen molar-refractivity contribution < 1.29 is 9.13 Å². The number of benzene rings is 1. The number of nitrogen functional groups attached to an aromatic ring is 1. The maximum Gasteiger partial charge on any atom is 0.246 e. The van der Waals surface area contributed by atoms with Gasteiger partial charge in [-0.15, -0.1) is 0 Å². The molecule has 0 aliphatic heterocycles. The van der Waals surface area contributed by atoms with Gasteiger partial charge in [0.05, 0.1) is 11.2 Å². The summed E-state index contributed by atoms with van der Waals surface area (Å²) in [6.45, 7) is 0. The predicted molar refractivity (Wildman–Crippen MR) is 94.5 cm³/mol. The van der Waals surface area contributed by atoms with Crippen LogP contribution < -0.4 is 10.5 Å². The van der Waals surface area contributed by atoms with Crippen LogP contribution in [-0.4, -0.2) is 21.1 Å². The molecule has 2 heterocycles. The molecule has 0 saturated heterocycles. The van der Waals surface area contributed by atoms with Crippen LogP contribution in [0.25, 0.3) is 22.3 Å². The quantitative estimate of drug-likeness (QED) is 0.734. The van der Waals surface area contributed by atoms with Crippen molar-refractivity contribution in [2.75, 3.05) is 5.73 Å². The monoisotopic (exact) mass is 336 g/mol. The molecule has 1 atom stereocenters. The maximum atomic E-state index is 13.1. The molecule has 2 aromatic heterocycles. The van der Waals surface area contributed by atoms with Crippen LogP contribution in [0, 0.1) is 5.82 Å². The fourth-order valence-corrected chi connectivity index (χ4v) is 2.89. The Hall–Kier alpha value is -3.02. The van der Waals surface area contributed by atoms with Gasteiger partial charge in [0.2, 0.25) is 11.8 Å². The molecule has 1 unspecified atom stereocenters. The Morgan fingerprint density at radius 2 is 1.88 bits per heavy atom. The lowest BCUT2D eigenvalue weighted by atomic mass is 10.1. The third-order valence-corrected chi connectivity index (χ3v) is 4.14. The summed E-state index contributed by atoms with van der Waals surface area (Å²) in [6, 6.07) is 9.84. The van der Waals surface area contributed by atoms with Crippen LogP contribution in [0.3, 0.4) is 0 Å². The molecule has 0 radical (unpaired) electrons. The first-order chi connectivity index (χ1) is 12.2. The number of rotatable bonds is 3. The number of nitrogens with zero attached hydrogens (tertiary/aromatic N) is 3. The summed E-state index contributed by atoms with van der Waals surface area (Å²) < 4.78 is 19.2. The predicted octanol–water partition coefficient (Wildman–Crippen LogP) is 3.90. The minimum Gasteiger partial charge on any atom is -0.468 e. The first kappa shape index (κ1) is 15.5. The van der Waals surface area contributed by atoms with E-state index in [1.165, 1.54) is 12.1 Å². The zero-order chi connectivity index (χ0) is 17.2. The minimum absolute atomic E-state index is 0.0393. The van der Waals surface area contributed by atoms with Crippen LogP contribution in [0.4, 0.5) is 10.3 Å². The van der Waals surface area contributed by atoms with Crippen molar-refractivity contribution in [3.8, 4) is 17.1 Å². The van der Waals surface area contributed by atoms with E-state index in [-0.39, 0.29) is 17.9 Å². The van der Waals surface area contributed by atoms with Gasteiger partial charge in [0.1, 0.15) is 11.9 Å². The third kappa shape index (κ3) is 3.28. The van der Waals surface area contributed by atoms with Crippen LogP contribution >= 0.6 is 0 Å². The van der Waals surface area contributed by atoms with Gasteiger partial charge in [-0.3, -0.25) is 0 Å². The van der Waals surface area contributed by atoms with Crippen LogP contribution in [0.5, 0.6) is 5.88 Å². The van der Waals surface area contributed by atoms with Crippen LogP contribution in [0.1, 0.15) is 19.3 Å². The van der Waals surface area contributed by atoms with Gasteiger partial charge in [0, 0.05) is 5.56 Å². The number of fused-ring (bicyclic) bond motifs is 1. The van der Waals surface area contributed by atoms with Crippen molar-refractivity contribution in [1.29, 1.82) is 0 Å². The summed E-state index contributed by atoms with van der Waals surface area (Å²) >= 11 is 0. The highest BCUT2D eigenvalue weighted by molar-refractivity contribution is 5.83. The summed E-state index contributed by atoms with van der Waals surface area (Å²) in [5.74, 6) is 0.246. The number of nitrogens with two attached hydrogens (primary N) is 1. The van der Waals surface area contributed by atoms with Crippen LogP contribution in [0.15, 0.2) is 48.6 Å². The van der Waals surface area contributed by atoms with Crippen molar-refractivity contribution in [3.05, 3.63) is 54.4 Å². The number of halogens is 1. The number of hydrogen-bond acceptors (Lipinski definition) is 5. The number of ether oxygens (including phenoxy) is 1. The molecule has 1 aliphatic rings. The lowest BCUT2D eigenvalue weighted by Gasteiger charge is -2.18. The highest BCUT2D eigenvalue weighted by Crippen LogP contribution is 2.28. The SMILES string of the molecule is Nc1nc(OC2C=CCCC2)c2nc(-c3ccc(F)cc3)ccc2n1. The summed E-state index contributed by atoms with van der Waals surface area (Å²) in [5, 5.41) is 0. The Kier molecular flexibility index (Phi) is 4.01. The Morgan fingerprint density at radius 3 is 2.64 bits per heavy atom. The van der Waals surface area contributed by atoms with Crippen molar-refractivity contribution in [2.24, 2.45) is 0 Å². The highest BCUT2D eigenvalue weighted by Gasteiger charge is 2.16. The molecule has 5 nitrogen and oxygen atoms in total. The number of aromatic nitrogens is 3. The number of pyridine rings is 1. The largest absolute Gasteiger partial charge is 0.468 e. The molecule has 1 aromatic carbocycles. The molecule has 0 spiro atoms. The second-order valence-corrected chi connectivity index (χ2v) is 5.97. The van der Waals surface area contributed by atoms with E-state index >= 15 is 0 Å². The number of allylic oxidation sites excluding steroid dienone is 1.